The maximum absolute atomic E-state index is 12.5. The number of aromatic amines is 1. The minimum atomic E-state index is -0.379. The summed E-state index contributed by atoms with van der Waals surface area (Å²) in [6.45, 7) is 5.03. The van der Waals surface area contributed by atoms with Crippen molar-refractivity contribution in [1.82, 2.24) is 10.3 Å². The minimum absolute atomic E-state index is 0.0819. The van der Waals surface area contributed by atoms with Crippen molar-refractivity contribution in [3.8, 4) is 0 Å². The summed E-state index contributed by atoms with van der Waals surface area (Å²) < 4.78 is 0. The molecular weight excluding hydrogens is 360 g/mol. The van der Waals surface area contributed by atoms with Gasteiger partial charge >= 0.3 is 0 Å². The second-order valence-electron chi connectivity index (χ2n) is 7.17. The van der Waals surface area contributed by atoms with Gasteiger partial charge in [-0.05, 0) is 44.4 Å². The van der Waals surface area contributed by atoms with E-state index in [0.717, 1.165) is 11.3 Å². The highest BCUT2D eigenvalue weighted by Crippen LogP contribution is 2.31. The van der Waals surface area contributed by atoms with E-state index in [2.05, 4.69) is 10.3 Å². The van der Waals surface area contributed by atoms with E-state index in [4.69, 9.17) is 0 Å². The highest BCUT2D eigenvalue weighted by molar-refractivity contribution is 5.79. The molecule has 1 aliphatic rings. The maximum Gasteiger partial charge on any atom is 0.292 e. The molecule has 1 aliphatic heterocycles. The number of carbonyl (C=O) groups excluding carboxylic acids is 1. The smallest absolute Gasteiger partial charge is 0.292 e. The molecule has 0 unspecified atom stereocenters. The number of nitrogens with one attached hydrogen (secondary N) is 2. The van der Waals surface area contributed by atoms with Gasteiger partial charge in [0.15, 0.2) is 0 Å². The van der Waals surface area contributed by atoms with E-state index in [-0.39, 0.29) is 34.5 Å². The number of nitro groups is 1. The Morgan fingerprint density at radius 2 is 1.96 bits per heavy atom. The van der Waals surface area contributed by atoms with Crippen LogP contribution in [0.4, 0.5) is 11.4 Å². The molecule has 3 rings (SSSR count). The predicted molar refractivity (Wildman–Crippen MR) is 106 cm³/mol. The maximum atomic E-state index is 12.5. The van der Waals surface area contributed by atoms with Gasteiger partial charge in [-0.3, -0.25) is 19.7 Å². The number of hydrogen-bond donors (Lipinski definition) is 2. The Bertz CT molecular complexity index is 945. The molecule has 1 amide bonds. The summed E-state index contributed by atoms with van der Waals surface area (Å²) >= 11 is 0. The van der Waals surface area contributed by atoms with Gasteiger partial charge in [0.2, 0.25) is 5.91 Å². The van der Waals surface area contributed by atoms with Gasteiger partial charge < -0.3 is 15.2 Å². The molecule has 0 spiro atoms. The fraction of sp³-hybridized carbons (Fsp3) is 0.400. The van der Waals surface area contributed by atoms with Crippen molar-refractivity contribution in [1.29, 1.82) is 0 Å². The molecule has 2 N–H and O–H groups in total. The molecule has 148 valence electrons. The highest BCUT2D eigenvalue weighted by Gasteiger charge is 2.28. The van der Waals surface area contributed by atoms with E-state index in [0.29, 0.717) is 37.2 Å². The van der Waals surface area contributed by atoms with Crippen molar-refractivity contribution in [2.24, 2.45) is 5.92 Å². The predicted octanol–water partition coefficient (Wildman–Crippen LogP) is 2.43. The zero-order chi connectivity index (χ0) is 20.3. The summed E-state index contributed by atoms with van der Waals surface area (Å²) in [5.74, 6) is -0.245. The first-order chi connectivity index (χ1) is 13.4. The van der Waals surface area contributed by atoms with Crippen molar-refractivity contribution in [2.45, 2.75) is 33.2 Å². The molecule has 0 atom stereocenters. The second kappa shape index (κ2) is 8.24. The van der Waals surface area contributed by atoms with Crippen molar-refractivity contribution in [2.75, 3.05) is 18.0 Å². The van der Waals surface area contributed by atoms with E-state index in [1.54, 1.807) is 18.2 Å². The van der Waals surface area contributed by atoms with E-state index in [1.165, 1.54) is 6.07 Å². The number of carbonyl (C=O) groups is 1. The molecule has 0 aliphatic carbocycles. The Morgan fingerprint density at radius 1 is 1.29 bits per heavy atom. The molecule has 8 nitrogen and oxygen atoms in total. The number of anilines is 1. The second-order valence-corrected chi connectivity index (χ2v) is 7.17. The molecule has 8 heteroatoms. The van der Waals surface area contributed by atoms with Gasteiger partial charge in [0.1, 0.15) is 5.69 Å². The van der Waals surface area contributed by atoms with Crippen molar-refractivity contribution in [3.63, 3.8) is 0 Å². The number of hydrogen-bond acceptors (Lipinski definition) is 5. The molecule has 1 fully saturated rings. The van der Waals surface area contributed by atoms with Crippen molar-refractivity contribution < 1.29 is 9.72 Å². The first-order valence-corrected chi connectivity index (χ1v) is 9.32. The molecule has 1 aromatic carbocycles. The lowest BCUT2D eigenvalue weighted by molar-refractivity contribution is -0.384. The van der Waals surface area contributed by atoms with Crippen LogP contribution in [0.15, 0.2) is 35.1 Å². The molecular formula is C20H24N4O4. The first kappa shape index (κ1) is 19.6. The van der Waals surface area contributed by atoms with Crippen LogP contribution in [-0.2, 0) is 11.3 Å². The zero-order valence-electron chi connectivity index (χ0n) is 16.0. The number of para-hydroxylation sites is 2. The Labute approximate surface area is 162 Å². The van der Waals surface area contributed by atoms with Crippen LogP contribution in [0.1, 0.15) is 29.7 Å². The van der Waals surface area contributed by atoms with Crippen molar-refractivity contribution >= 4 is 17.3 Å². The normalized spacial score (nSPS) is 14.7. The average Bonchev–Trinajstić information content (AvgIpc) is 2.67. The summed E-state index contributed by atoms with van der Waals surface area (Å²) in [7, 11) is 0. The van der Waals surface area contributed by atoms with Crippen LogP contribution in [0, 0.1) is 29.9 Å². The van der Waals surface area contributed by atoms with Gasteiger partial charge in [-0.1, -0.05) is 12.1 Å². The van der Waals surface area contributed by atoms with E-state index in [1.807, 2.05) is 24.8 Å². The van der Waals surface area contributed by atoms with Crippen molar-refractivity contribution in [3.05, 3.63) is 67.6 Å². The molecule has 1 saturated heterocycles. The van der Waals surface area contributed by atoms with E-state index in [9.17, 15) is 19.7 Å². The summed E-state index contributed by atoms with van der Waals surface area (Å²) in [5, 5.41) is 14.1. The number of nitrogens with zero attached hydrogens (tertiary/aromatic N) is 2. The van der Waals surface area contributed by atoms with Gasteiger partial charge in [-0.2, -0.15) is 0 Å². The monoisotopic (exact) mass is 384 g/mol. The number of aryl methyl sites for hydroxylation is 2. The third-order valence-corrected chi connectivity index (χ3v) is 5.22. The lowest BCUT2D eigenvalue weighted by atomic mass is 9.95. The average molecular weight is 384 g/mol. The van der Waals surface area contributed by atoms with Gasteiger partial charge in [0.05, 0.1) is 4.92 Å². The number of H-pyrrole nitrogens is 1. The highest BCUT2D eigenvalue weighted by atomic mass is 16.6. The molecule has 1 aromatic heterocycles. The fourth-order valence-corrected chi connectivity index (χ4v) is 3.69. The quantitative estimate of drug-likeness (QED) is 0.608. The number of pyridine rings is 1. The van der Waals surface area contributed by atoms with E-state index >= 15 is 0 Å². The summed E-state index contributed by atoms with van der Waals surface area (Å²) in [6.07, 6.45) is 1.22. The zero-order valence-corrected chi connectivity index (χ0v) is 16.0. The van der Waals surface area contributed by atoms with Crippen LogP contribution in [-0.4, -0.2) is 28.9 Å². The van der Waals surface area contributed by atoms with Crippen LogP contribution >= 0.6 is 0 Å². The SMILES string of the molecule is Cc1cc(C)c(CNC(=O)C2CCN(c3ccccc3[N+](=O)[O-])CC2)c(=O)[nH]1. The topological polar surface area (TPSA) is 108 Å². The Hall–Kier alpha value is -3.16. The third-order valence-electron chi connectivity index (χ3n) is 5.22. The molecule has 0 radical (unpaired) electrons. The molecule has 2 aromatic rings. The number of rotatable bonds is 5. The van der Waals surface area contributed by atoms with Crippen LogP contribution in [0.25, 0.3) is 0 Å². The minimum Gasteiger partial charge on any atom is -0.366 e. The number of nitro benzene ring substituents is 1. The van der Waals surface area contributed by atoms with Crippen LogP contribution in [0.3, 0.4) is 0 Å². The third kappa shape index (κ3) is 4.21. The van der Waals surface area contributed by atoms with Crippen LogP contribution < -0.4 is 15.8 Å². The fourth-order valence-electron chi connectivity index (χ4n) is 3.69. The molecule has 0 saturated carbocycles. The van der Waals surface area contributed by atoms with E-state index < -0.39 is 0 Å². The largest absolute Gasteiger partial charge is 0.366 e. The number of benzene rings is 1. The lowest BCUT2D eigenvalue weighted by Gasteiger charge is -2.32. The summed E-state index contributed by atoms with van der Waals surface area (Å²) in [5.41, 5.74) is 2.71. The van der Waals surface area contributed by atoms with Crippen LogP contribution in [0.5, 0.6) is 0 Å². The van der Waals surface area contributed by atoms with Gasteiger partial charge in [-0.25, -0.2) is 0 Å². The summed E-state index contributed by atoms with van der Waals surface area (Å²) in [4.78, 5) is 40.1. The number of piperidine rings is 1. The summed E-state index contributed by atoms with van der Waals surface area (Å²) in [6, 6.07) is 8.55. The Kier molecular flexibility index (Phi) is 5.77. The Balaban J connectivity index is 1.59. The number of aromatic nitrogens is 1. The lowest BCUT2D eigenvalue weighted by Crippen LogP contribution is -2.41. The van der Waals surface area contributed by atoms with Crippen LogP contribution in [0.2, 0.25) is 0 Å². The van der Waals surface area contributed by atoms with Gasteiger partial charge in [0.25, 0.3) is 11.2 Å². The molecule has 0 bridgehead atoms. The molecule has 2 heterocycles. The van der Waals surface area contributed by atoms with Gasteiger partial charge in [0, 0.05) is 42.9 Å². The molecule has 28 heavy (non-hydrogen) atoms. The van der Waals surface area contributed by atoms with Gasteiger partial charge in [-0.15, -0.1) is 0 Å². The Morgan fingerprint density at radius 3 is 2.61 bits per heavy atom. The first-order valence-electron chi connectivity index (χ1n) is 9.32. The standard InChI is InChI=1S/C20H24N4O4/c1-13-11-14(2)22-20(26)16(13)12-21-19(25)15-7-9-23(10-8-15)17-5-3-4-6-18(17)24(27)28/h3-6,11,15H,7-10,12H2,1-2H3,(H,21,25)(H,22,26). The number of amides is 1.